The van der Waals surface area contributed by atoms with Crippen LogP contribution in [0.5, 0.6) is 0 Å². The molecule has 140 valence electrons. The number of alkyl halides is 3. The molecule has 2 aromatic rings. The van der Waals surface area contributed by atoms with Crippen molar-refractivity contribution >= 4 is 17.2 Å². The van der Waals surface area contributed by atoms with Gasteiger partial charge in [-0.05, 0) is 25.7 Å². The van der Waals surface area contributed by atoms with Crippen molar-refractivity contribution in [3.05, 3.63) is 23.7 Å². The van der Waals surface area contributed by atoms with Gasteiger partial charge in [0.05, 0.1) is 5.69 Å². The fourth-order valence-electron chi connectivity index (χ4n) is 3.83. The van der Waals surface area contributed by atoms with Crippen LogP contribution >= 0.6 is 0 Å². The number of carbonyl (C=O) groups excluding carboxylic acids is 1. The first kappa shape index (κ1) is 17.1. The van der Waals surface area contributed by atoms with Crippen molar-refractivity contribution in [2.24, 2.45) is 0 Å². The Bertz CT molecular complexity index is 824. The Morgan fingerprint density at radius 1 is 1.12 bits per heavy atom. The maximum Gasteiger partial charge on any atom is 0.397 e. The molecule has 0 bridgehead atoms. The summed E-state index contributed by atoms with van der Waals surface area (Å²) in [5.74, 6) is -0.0453. The fourth-order valence-corrected chi connectivity index (χ4v) is 3.83. The lowest BCUT2D eigenvalue weighted by Gasteiger charge is -2.35. The molecule has 0 spiro atoms. The number of amides is 1. The third-order valence-corrected chi connectivity index (χ3v) is 5.08. The van der Waals surface area contributed by atoms with Crippen molar-refractivity contribution in [2.75, 3.05) is 31.1 Å². The summed E-state index contributed by atoms with van der Waals surface area (Å²) >= 11 is 0. The van der Waals surface area contributed by atoms with Gasteiger partial charge in [0.2, 0.25) is 5.91 Å². The molecule has 0 saturated carbocycles. The highest BCUT2D eigenvalue weighted by Crippen LogP contribution is 2.30. The second-order valence-electron chi connectivity index (χ2n) is 6.84. The van der Waals surface area contributed by atoms with E-state index in [0.717, 1.165) is 42.7 Å². The second kappa shape index (κ2) is 6.44. The van der Waals surface area contributed by atoms with Crippen LogP contribution < -0.4 is 4.90 Å². The molecule has 0 aromatic carbocycles. The molecule has 2 aliphatic rings. The fraction of sp³-hybridized carbons (Fsp3) is 0.588. The van der Waals surface area contributed by atoms with E-state index < -0.39 is 18.5 Å². The molecule has 1 saturated heterocycles. The number of nitrogens with zero attached hydrogens (tertiary/aromatic N) is 5. The summed E-state index contributed by atoms with van der Waals surface area (Å²) in [4.78, 5) is 19.6. The molecule has 6 nitrogen and oxygen atoms in total. The summed E-state index contributed by atoms with van der Waals surface area (Å²) in [5, 5.41) is 4.65. The Morgan fingerprint density at radius 2 is 1.85 bits per heavy atom. The molecule has 0 radical (unpaired) electrons. The van der Waals surface area contributed by atoms with Crippen LogP contribution in [0.2, 0.25) is 0 Å². The molecule has 3 heterocycles. The van der Waals surface area contributed by atoms with Gasteiger partial charge >= 0.3 is 6.18 Å². The maximum atomic E-state index is 12.4. The summed E-state index contributed by atoms with van der Waals surface area (Å²) in [6, 6.07) is 0. The minimum absolute atomic E-state index is 0.272. The Morgan fingerprint density at radius 3 is 2.58 bits per heavy atom. The Hall–Kier alpha value is -2.32. The average molecular weight is 367 g/mol. The lowest BCUT2D eigenvalue weighted by molar-refractivity contribution is -0.161. The number of halogens is 3. The van der Waals surface area contributed by atoms with Gasteiger partial charge in [-0.3, -0.25) is 4.79 Å². The summed E-state index contributed by atoms with van der Waals surface area (Å²) in [6.07, 6.45) is 1.89. The minimum Gasteiger partial charge on any atom is -0.351 e. The first-order chi connectivity index (χ1) is 12.4. The van der Waals surface area contributed by atoms with Crippen LogP contribution in [0.4, 0.5) is 19.0 Å². The van der Waals surface area contributed by atoms with E-state index in [1.807, 2.05) is 15.6 Å². The number of aromatic nitrogens is 3. The monoisotopic (exact) mass is 367 g/mol. The zero-order valence-corrected chi connectivity index (χ0v) is 14.3. The number of hydrogen-bond donors (Lipinski definition) is 0. The smallest absolute Gasteiger partial charge is 0.351 e. The number of piperazine rings is 1. The molecular formula is C17H20F3N5O. The van der Waals surface area contributed by atoms with E-state index in [4.69, 9.17) is 0 Å². The number of aryl methyl sites for hydroxylation is 2. The SMILES string of the molecule is O=C(CC(F)(F)F)N1CCN(c2nccn3nc4c(c23)CCCC4)CC1. The number of rotatable bonds is 2. The molecule has 0 unspecified atom stereocenters. The Balaban J connectivity index is 1.53. The molecular weight excluding hydrogens is 347 g/mol. The molecule has 0 N–H and O–H groups in total. The van der Waals surface area contributed by atoms with Crippen molar-refractivity contribution in [3.63, 3.8) is 0 Å². The van der Waals surface area contributed by atoms with Crippen LogP contribution in [0.25, 0.3) is 5.52 Å². The van der Waals surface area contributed by atoms with Gasteiger partial charge in [0, 0.05) is 44.1 Å². The van der Waals surface area contributed by atoms with E-state index in [1.165, 1.54) is 10.5 Å². The van der Waals surface area contributed by atoms with Gasteiger partial charge in [0.1, 0.15) is 11.9 Å². The summed E-state index contributed by atoms with van der Waals surface area (Å²) < 4.78 is 39.1. The number of hydrogen-bond acceptors (Lipinski definition) is 4. The highest BCUT2D eigenvalue weighted by atomic mass is 19.4. The number of fused-ring (bicyclic) bond motifs is 3. The Kier molecular flexibility index (Phi) is 4.24. The summed E-state index contributed by atoms with van der Waals surface area (Å²) in [5.41, 5.74) is 3.34. The third kappa shape index (κ3) is 3.22. The first-order valence-corrected chi connectivity index (χ1v) is 8.87. The molecule has 1 amide bonds. The predicted molar refractivity (Wildman–Crippen MR) is 89.1 cm³/mol. The molecule has 0 atom stereocenters. The van der Waals surface area contributed by atoms with Crippen molar-refractivity contribution in [2.45, 2.75) is 38.3 Å². The van der Waals surface area contributed by atoms with Crippen LogP contribution in [0.3, 0.4) is 0 Å². The molecule has 1 aliphatic carbocycles. The predicted octanol–water partition coefficient (Wildman–Crippen LogP) is 2.21. The molecule has 9 heteroatoms. The molecule has 2 aromatic heterocycles. The highest BCUT2D eigenvalue weighted by Gasteiger charge is 2.35. The van der Waals surface area contributed by atoms with Crippen LogP contribution in [0.1, 0.15) is 30.5 Å². The topological polar surface area (TPSA) is 53.7 Å². The molecule has 26 heavy (non-hydrogen) atoms. The van der Waals surface area contributed by atoms with Crippen LogP contribution in [0, 0.1) is 0 Å². The van der Waals surface area contributed by atoms with Gasteiger partial charge in [-0.15, -0.1) is 0 Å². The standard InChI is InChI=1S/C17H20F3N5O/c18-17(19,20)11-14(26)23-7-9-24(10-8-23)16-15-12-3-1-2-4-13(12)22-25(15)6-5-21-16/h5-6H,1-4,7-11H2. The van der Waals surface area contributed by atoms with Gasteiger partial charge in [0.25, 0.3) is 0 Å². The van der Waals surface area contributed by atoms with E-state index in [-0.39, 0.29) is 13.1 Å². The first-order valence-electron chi connectivity index (χ1n) is 8.87. The van der Waals surface area contributed by atoms with Crippen molar-refractivity contribution < 1.29 is 18.0 Å². The minimum atomic E-state index is -4.46. The molecule has 4 rings (SSSR count). The summed E-state index contributed by atoms with van der Waals surface area (Å²) in [7, 11) is 0. The largest absolute Gasteiger partial charge is 0.397 e. The van der Waals surface area contributed by atoms with Gasteiger partial charge in [0.15, 0.2) is 5.82 Å². The molecule has 1 aliphatic heterocycles. The average Bonchev–Trinajstić information content (AvgIpc) is 2.99. The van der Waals surface area contributed by atoms with Crippen LogP contribution in [-0.2, 0) is 17.6 Å². The number of carbonyl (C=O) groups is 1. The van der Waals surface area contributed by atoms with E-state index in [0.29, 0.717) is 13.1 Å². The van der Waals surface area contributed by atoms with E-state index in [2.05, 4.69) is 10.1 Å². The van der Waals surface area contributed by atoms with E-state index in [9.17, 15) is 18.0 Å². The van der Waals surface area contributed by atoms with Crippen LogP contribution in [0.15, 0.2) is 12.4 Å². The second-order valence-corrected chi connectivity index (χ2v) is 6.84. The van der Waals surface area contributed by atoms with Gasteiger partial charge in [-0.2, -0.15) is 18.3 Å². The van der Waals surface area contributed by atoms with Gasteiger partial charge in [-0.1, -0.05) is 0 Å². The van der Waals surface area contributed by atoms with Crippen molar-refractivity contribution in [1.82, 2.24) is 19.5 Å². The quantitative estimate of drug-likeness (QED) is 0.817. The zero-order chi connectivity index (χ0) is 18.3. The maximum absolute atomic E-state index is 12.4. The van der Waals surface area contributed by atoms with Crippen molar-refractivity contribution in [1.29, 1.82) is 0 Å². The normalized spacial score (nSPS) is 18.3. The lowest BCUT2D eigenvalue weighted by atomic mass is 9.97. The number of anilines is 1. The highest BCUT2D eigenvalue weighted by molar-refractivity contribution is 5.78. The van der Waals surface area contributed by atoms with Crippen LogP contribution in [-0.4, -0.2) is 57.8 Å². The van der Waals surface area contributed by atoms with Crippen molar-refractivity contribution in [3.8, 4) is 0 Å². The van der Waals surface area contributed by atoms with E-state index in [1.54, 1.807) is 6.20 Å². The van der Waals surface area contributed by atoms with Gasteiger partial charge < -0.3 is 9.80 Å². The zero-order valence-electron chi connectivity index (χ0n) is 14.3. The van der Waals surface area contributed by atoms with Gasteiger partial charge in [-0.25, -0.2) is 9.50 Å². The lowest BCUT2D eigenvalue weighted by Crippen LogP contribution is -2.49. The summed E-state index contributed by atoms with van der Waals surface area (Å²) in [6.45, 7) is 1.48. The third-order valence-electron chi connectivity index (χ3n) is 5.08. The van der Waals surface area contributed by atoms with E-state index >= 15 is 0 Å². The molecule has 1 fully saturated rings. The Labute approximate surface area is 148 Å².